The van der Waals surface area contributed by atoms with Gasteiger partial charge in [0.2, 0.25) is 0 Å². The molecule has 0 radical (unpaired) electrons. The van der Waals surface area contributed by atoms with Crippen molar-refractivity contribution in [2.75, 3.05) is 13.2 Å². The van der Waals surface area contributed by atoms with Gasteiger partial charge in [-0.25, -0.2) is 0 Å². The number of rotatable bonds is 17. The molecule has 0 N–H and O–H groups in total. The minimum absolute atomic E-state index is 0. The predicted molar refractivity (Wildman–Crippen MR) is 105 cm³/mol. The Morgan fingerprint density at radius 3 is 1.24 bits per heavy atom. The van der Waals surface area contributed by atoms with Crippen LogP contribution >= 0.6 is 0 Å². The molecule has 0 saturated heterocycles. The minimum atomic E-state index is -0.292. The van der Waals surface area contributed by atoms with Gasteiger partial charge in [0.15, 0.2) is 0 Å². The van der Waals surface area contributed by atoms with Crippen molar-refractivity contribution in [3.63, 3.8) is 0 Å². The average molecular weight is 383 g/mol. The second kappa shape index (κ2) is 22.6. The maximum absolute atomic E-state index is 11.5. The fourth-order valence-corrected chi connectivity index (χ4v) is 2.49. The number of esters is 2. The summed E-state index contributed by atoms with van der Waals surface area (Å²) in [5, 5.41) is 0. The van der Waals surface area contributed by atoms with Crippen LogP contribution in [0.2, 0.25) is 0 Å². The molecule has 0 aliphatic carbocycles. The molecule has 0 spiro atoms. The van der Waals surface area contributed by atoms with Crippen molar-refractivity contribution in [2.24, 2.45) is 0 Å². The number of unbranched alkanes of at least 4 members (excludes halogenated alkanes) is 10. The summed E-state index contributed by atoms with van der Waals surface area (Å²) in [4.78, 5) is 23.1. The molecule has 0 atom stereocenters. The Hall–Kier alpha value is 0.576. The SMILES string of the molecule is CCCCCCCCOC(=O)CCC(=O)OCCCCCCCC.[KH]. The number of hydrogen-bond donors (Lipinski definition) is 0. The Bertz CT molecular complexity index is 278. The van der Waals surface area contributed by atoms with E-state index in [1.807, 2.05) is 0 Å². The Kier molecular flexibility index (Phi) is 25.1. The molecular formula is C20H39KO4. The fraction of sp³-hybridized carbons (Fsp3) is 0.900. The zero-order valence-corrected chi connectivity index (χ0v) is 15.9. The molecule has 0 aliphatic rings. The van der Waals surface area contributed by atoms with E-state index in [-0.39, 0.29) is 76.2 Å². The van der Waals surface area contributed by atoms with Crippen LogP contribution in [0.25, 0.3) is 0 Å². The van der Waals surface area contributed by atoms with E-state index in [4.69, 9.17) is 9.47 Å². The second-order valence-electron chi connectivity index (χ2n) is 6.48. The number of ether oxygens (including phenoxy) is 2. The van der Waals surface area contributed by atoms with Crippen LogP contribution in [-0.4, -0.2) is 76.5 Å². The van der Waals surface area contributed by atoms with Crippen molar-refractivity contribution in [3.8, 4) is 0 Å². The van der Waals surface area contributed by atoms with Crippen molar-refractivity contribution >= 4 is 63.3 Å². The molecule has 4 nitrogen and oxygen atoms in total. The summed E-state index contributed by atoms with van der Waals surface area (Å²) in [6.07, 6.45) is 14.3. The van der Waals surface area contributed by atoms with Gasteiger partial charge in [-0.2, -0.15) is 0 Å². The van der Waals surface area contributed by atoms with Crippen molar-refractivity contribution in [3.05, 3.63) is 0 Å². The summed E-state index contributed by atoms with van der Waals surface area (Å²) in [6.45, 7) is 5.33. The Balaban J connectivity index is 0. The first-order chi connectivity index (χ1) is 11.7. The quantitative estimate of drug-likeness (QED) is 0.203. The van der Waals surface area contributed by atoms with Gasteiger partial charge in [0, 0.05) is 0 Å². The van der Waals surface area contributed by atoms with Crippen LogP contribution in [0.3, 0.4) is 0 Å². The van der Waals surface area contributed by atoms with E-state index in [0.717, 1.165) is 25.7 Å². The molecule has 0 fully saturated rings. The summed E-state index contributed by atoms with van der Waals surface area (Å²) in [6, 6.07) is 0. The van der Waals surface area contributed by atoms with E-state index in [1.165, 1.54) is 51.4 Å². The zero-order chi connectivity index (χ0) is 17.9. The first-order valence-corrected chi connectivity index (χ1v) is 10.0. The summed E-state index contributed by atoms with van der Waals surface area (Å²) >= 11 is 0. The van der Waals surface area contributed by atoms with E-state index >= 15 is 0 Å². The molecule has 5 heteroatoms. The molecule has 0 rings (SSSR count). The third kappa shape index (κ3) is 22.5. The van der Waals surface area contributed by atoms with Gasteiger partial charge in [-0.3, -0.25) is 9.59 Å². The first-order valence-electron chi connectivity index (χ1n) is 10.0. The predicted octanol–water partition coefficient (Wildman–Crippen LogP) is 4.93. The molecule has 0 aromatic heterocycles. The van der Waals surface area contributed by atoms with Crippen molar-refractivity contribution in [1.29, 1.82) is 0 Å². The maximum atomic E-state index is 11.5. The average Bonchev–Trinajstić information content (AvgIpc) is 2.58. The van der Waals surface area contributed by atoms with Crippen LogP contribution < -0.4 is 0 Å². The number of carbonyl (C=O) groups is 2. The van der Waals surface area contributed by atoms with Crippen molar-refractivity contribution < 1.29 is 19.1 Å². The van der Waals surface area contributed by atoms with Crippen LogP contribution in [0.1, 0.15) is 104 Å². The Morgan fingerprint density at radius 2 is 0.880 bits per heavy atom. The Labute approximate surface area is 197 Å². The normalized spacial score (nSPS) is 10.2. The summed E-state index contributed by atoms with van der Waals surface area (Å²) < 4.78 is 10.3. The molecule has 0 heterocycles. The van der Waals surface area contributed by atoms with Crippen LogP contribution in [0.5, 0.6) is 0 Å². The van der Waals surface area contributed by atoms with Gasteiger partial charge >= 0.3 is 63.3 Å². The molecule has 0 saturated carbocycles. The van der Waals surface area contributed by atoms with Gasteiger partial charge in [-0.1, -0.05) is 78.1 Å². The molecule has 144 valence electrons. The number of carbonyl (C=O) groups excluding carboxylic acids is 2. The van der Waals surface area contributed by atoms with Gasteiger partial charge in [0.25, 0.3) is 0 Å². The second-order valence-corrected chi connectivity index (χ2v) is 6.48. The third-order valence-corrected chi connectivity index (χ3v) is 4.06. The van der Waals surface area contributed by atoms with Gasteiger partial charge in [-0.05, 0) is 12.8 Å². The molecule has 0 aromatic carbocycles. The van der Waals surface area contributed by atoms with Crippen LogP contribution in [-0.2, 0) is 19.1 Å². The fourth-order valence-electron chi connectivity index (χ4n) is 2.49. The van der Waals surface area contributed by atoms with Gasteiger partial charge in [0.05, 0.1) is 26.1 Å². The van der Waals surface area contributed by atoms with E-state index in [2.05, 4.69) is 13.8 Å². The molecule has 0 unspecified atom stereocenters. The molecule has 25 heavy (non-hydrogen) atoms. The standard InChI is InChI=1S/C20H38O4.K.H/c1-3-5-7-9-11-13-17-23-19(21)15-16-20(22)24-18-14-12-10-8-6-4-2;;/h3-18H2,1-2H3;;. The van der Waals surface area contributed by atoms with Gasteiger partial charge < -0.3 is 9.47 Å². The number of hydrogen-bond acceptors (Lipinski definition) is 4. The molecule has 0 aliphatic heterocycles. The molecule has 0 amide bonds. The van der Waals surface area contributed by atoms with E-state index < -0.39 is 0 Å². The van der Waals surface area contributed by atoms with Crippen LogP contribution in [0.4, 0.5) is 0 Å². The molecule has 0 bridgehead atoms. The monoisotopic (exact) mass is 382 g/mol. The van der Waals surface area contributed by atoms with Crippen molar-refractivity contribution in [1.82, 2.24) is 0 Å². The Morgan fingerprint density at radius 1 is 0.560 bits per heavy atom. The van der Waals surface area contributed by atoms with Gasteiger partial charge in [-0.15, -0.1) is 0 Å². The molecule has 0 aromatic rings. The molecular weight excluding hydrogens is 343 g/mol. The topological polar surface area (TPSA) is 52.6 Å². The van der Waals surface area contributed by atoms with Crippen LogP contribution in [0.15, 0.2) is 0 Å². The van der Waals surface area contributed by atoms with Gasteiger partial charge in [0.1, 0.15) is 0 Å². The summed E-state index contributed by atoms with van der Waals surface area (Å²) in [5.41, 5.74) is 0. The van der Waals surface area contributed by atoms with Crippen molar-refractivity contribution in [2.45, 2.75) is 104 Å². The summed E-state index contributed by atoms with van der Waals surface area (Å²) in [7, 11) is 0. The van der Waals surface area contributed by atoms with E-state index in [1.54, 1.807) is 0 Å². The third-order valence-electron chi connectivity index (χ3n) is 4.06. The van der Waals surface area contributed by atoms with E-state index in [0.29, 0.717) is 13.2 Å². The summed E-state index contributed by atoms with van der Waals surface area (Å²) in [5.74, 6) is -0.583. The zero-order valence-electron chi connectivity index (χ0n) is 15.9. The van der Waals surface area contributed by atoms with Crippen LogP contribution in [0, 0.1) is 0 Å². The van der Waals surface area contributed by atoms with E-state index in [9.17, 15) is 9.59 Å². The first kappa shape index (κ1) is 27.8.